The van der Waals surface area contributed by atoms with E-state index in [4.69, 9.17) is 23.2 Å². The molecule has 2 N–H and O–H groups in total. The van der Waals surface area contributed by atoms with Gasteiger partial charge in [0.25, 0.3) is 0 Å². The van der Waals surface area contributed by atoms with E-state index in [9.17, 15) is 14.5 Å². The van der Waals surface area contributed by atoms with Crippen molar-refractivity contribution in [2.24, 2.45) is 0 Å². The highest BCUT2D eigenvalue weighted by atomic mass is 79.9. The minimum atomic E-state index is -0.706. The van der Waals surface area contributed by atoms with Crippen LogP contribution in [0.4, 0.5) is 15.8 Å². The van der Waals surface area contributed by atoms with Crippen LogP contribution in [-0.4, -0.2) is 29.0 Å². The number of piperidine rings is 1. The fraction of sp³-hybridized carbons (Fsp3) is 0.357. The predicted octanol–water partition coefficient (Wildman–Crippen LogP) is 4.52. The maximum absolute atomic E-state index is 14.5. The molecule has 0 atom stereocenters. The number of nitro groups is 1. The van der Waals surface area contributed by atoms with E-state index in [1.807, 2.05) is 0 Å². The molecule has 0 unspecified atom stereocenters. The average molecular weight is 438 g/mol. The maximum Gasteiger partial charge on any atom is 0.329 e. The van der Waals surface area contributed by atoms with Crippen LogP contribution in [0.1, 0.15) is 12.8 Å². The largest absolute Gasteiger partial charge is 0.376 e. The van der Waals surface area contributed by atoms with Gasteiger partial charge in [0.05, 0.1) is 14.4 Å². The fourth-order valence-corrected chi connectivity index (χ4v) is 3.49. The molecule has 0 radical (unpaired) electrons. The zero-order chi connectivity index (χ0) is 17.4. The number of hydrogen-bond donors (Lipinski definition) is 2. The molecule has 6 nitrogen and oxygen atoms in total. The zero-order valence-corrected chi connectivity index (χ0v) is 15.3. The second-order valence-corrected chi connectivity index (χ2v) is 6.99. The molecule has 1 saturated heterocycles. The Morgan fingerprint density at radius 2 is 2.08 bits per heavy atom. The number of pyridine rings is 1. The van der Waals surface area contributed by atoms with Gasteiger partial charge in [-0.15, -0.1) is 0 Å². The van der Waals surface area contributed by atoms with Gasteiger partial charge in [-0.3, -0.25) is 10.1 Å². The van der Waals surface area contributed by atoms with E-state index < -0.39 is 10.7 Å². The minimum absolute atomic E-state index is 0.0112. The third-order valence-corrected chi connectivity index (χ3v) is 5.48. The van der Waals surface area contributed by atoms with E-state index in [1.54, 1.807) is 0 Å². The van der Waals surface area contributed by atoms with E-state index in [-0.39, 0.29) is 43.0 Å². The molecule has 2 aromatic rings. The normalized spacial score (nSPS) is 15.7. The molecule has 24 heavy (non-hydrogen) atoms. The Hall–Kier alpha value is -1.22. The van der Waals surface area contributed by atoms with Crippen molar-refractivity contribution in [1.29, 1.82) is 0 Å². The highest BCUT2D eigenvalue weighted by molar-refractivity contribution is 9.10. The number of nitrogens with one attached hydrogen (secondary N) is 2. The van der Waals surface area contributed by atoms with Crippen molar-refractivity contribution in [2.75, 3.05) is 18.4 Å². The second kappa shape index (κ2) is 6.95. The van der Waals surface area contributed by atoms with Crippen LogP contribution in [0.15, 0.2) is 10.5 Å². The van der Waals surface area contributed by atoms with Crippen molar-refractivity contribution in [3.63, 3.8) is 0 Å². The van der Waals surface area contributed by atoms with E-state index in [1.165, 1.54) is 6.07 Å². The standard InChI is InChI=1S/C14H12BrCl2FN4O2/c15-9-8(16)5-7-11(10(9)18)21-14(17)13(22(23)24)12(7)20-6-1-3-19-4-2-6/h5-6,19H,1-4H2,(H,20,21). The molecule has 1 fully saturated rings. The lowest BCUT2D eigenvalue weighted by molar-refractivity contribution is -0.384. The first-order chi connectivity index (χ1) is 11.4. The average Bonchev–Trinajstić information content (AvgIpc) is 2.54. The maximum atomic E-state index is 14.5. The van der Waals surface area contributed by atoms with E-state index in [0.717, 1.165) is 25.9 Å². The first kappa shape index (κ1) is 17.6. The molecule has 10 heteroatoms. The Labute approximate surface area is 155 Å². The van der Waals surface area contributed by atoms with Crippen molar-refractivity contribution in [3.8, 4) is 0 Å². The van der Waals surface area contributed by atoms with E-state index in [2.05, 4.69) is 31.5 Å². The Balaban J connectivity index is 2.25. The number of hydrogen-bond acceptors (Lipinski definition) is 5. The molecule has 1 aromatic carbocycles. The molecule has 3 rings (SSSR count). The first-order valence-electron chi connectivity index (χ1n) is 7.18. The summed E-state index contributed by atoms with van der Waals surface area (Å²) in [6.07, 6.45) is 1.57. The number of anilines is 1. The van der Waals surface area contributed by atoms with Gasteiger partial charge in [0.2, 0.25) is 5.15 Å². The summed E-state index contributed by atoms with van der Waals surface area (Å²) in [5.74, 6) is -0.706. The van der Waals surface area contributed by atoms with Gasteiger partial charge < -0.3 is 10.6 Å². The third kappa shape index (κ3) is 3.15. The number of fused-ring (bicyclic) bond motifs is 1. The quantitative estimate of drug-likeness (QED) is 0.319. The van der Waals surface area contributed by atoms with Crippen LogP contribution in [0.2, 0.25) is 10.2 Å². The predicted molar refractivity (Wildman–Crippen MR) is 95.6 cm³/mol. The molecule has 0 spiro atoms. The molecule has 0 aliphatic carbocycles. The molecule has 0 bridgehead atoms. The monoisotopic (exact) mass is 436 g/mol. The lowest BCUT2D eigenvalue weighted by Crippen LogP contribution is -2.35. The number of nitrogens with zero attached hydrogens (tertiary/aromatic N) is 2. The Morgan fingerprint density at radius 1 is 1.42 bits per heavy atom. The summed E-state index contributed by atoms with van der Waals surface area (Å²) in [6.45, 7) is 1.59. The summed E-state index contributed by atoms with van der Waals surface area (Å²) in [7, 11) is 0. The molecule has 2 heterocycles. The summed E-state index contributed by atoms with van der Waals surface area (Å²) < 4.78 is 14.5. The Morgan fingerprint density at radius 3 is 2.71 bits per heavy atom. The fourth-order valence-electron chi connectivity index (χ4n) is 2.75. The van der Waals surface area contributed by atoms with Crippen LogP contribution in [0.25, 0.3) is 10.9 Å². The van der Waals surface area contributed by atoms with Gasteiger partial charge in [-0.05, 0) is 47.9 Å². The first-order valence-corrected chi connectivity index (χ1v) is 8.73. The highest BCUT2D eigenvalue weighted by Gasteiger charge is 2.28. The van der Waals surface area contributed by atoms with Gasteiger partial charge in [-0.1, -0.05) is 23.2 Å². The number of rotatable bonds is 3. The van der Waals surface area contributed by atoms with E-state index in [0.29, 0.717) is 0 Å². The van der Waals surface area contributed by atoms with Crippen LogP contribution >= 0.6 is 39.1 Å². The highest BCUT2D eigenvalue weighted by Crippen LogP contribution is 2.42. The van der Waals surface area contributed by atoms with Crippen molar-refractivity contribution in [1.82, 2.24) is 10.3 Å². The van der Waals surface area contributed by atoms with Crippen molar-refractivity contribution >= 4 is 61.4 Å². The van der Waals surface area contributed by atoms with Gasteiger partial charge >= 0.3 is 5.69 Å². The van der Waals surface area contributed by atoms with E-state index >= 15 is 0 Å². The summed E-state index contributed by atoms with van der Waals surface area (Å²) in [5.41, 5.74) is -0.297. The topological polar surface area (TPSA) is 80.1 Å². The molecular weight excluding hydrogens is 426 g/mol. The molecular formula is C14H12BrCl2FN4O2. The van der Waals surface area contributed by atoms with Crippen LogP contribution in [0.3, 0.4) is 0 Å². The molecule has 0 saturated carbocycles. The van der Waals surface area contributed by atoms with Gasteiger partial charge in [0, 0.05) is 11.4 Å². The molecule has 1 aliphatic heterocycles. The van der Waals surface area contributed by atoms with Crippen LogP contribution in [0.5, 0.6) is 0 Å². The summed E-state index contributed by atoms with van der Waals surface area (Å²) in [6, 6.07) is 1.46. The smallest absolute Gasteiger partial charge is 0.329 e. The molecule has 1 aliphatic rings. The van der Waals surface area contributed by atoms with Crippen LogP contribution in [-0.2, 0) is 0 Å². The van der Waals surface area contributed by atoms with Crippen LogP contribution in [0, 0.1) is 15.9 Å². The van der Waals surface area contributed by atoms with Crippen molar-refractivity contribution in [3.05, 3.63) is 36.6 Å². The lowest BCUT2D eigenvalue weighted by atomic mass is 10.0. The molecule has 128 valence electrons. The SMILES string of the molecule is O=[N+]([O-])c1c(Cl)nc2c(F)c(Br)c(Cl)cc2c1NC1CCNCC1. The summed E-state index contributed by atoms with van der Waals surface area (Å²) in [4.78, 5) is 14.7. The molecule has 1 aromatic heterocycles. The van der Waals surface area contributed by atoms with Crippen molar-refractivity contribution in [2.45, 2.75) is 18.9 Å². The third-order valence-electron chi connectivity index (χ3n) is 3.92. The van der Waals surface area contributed by atoms with Crippen LogP contribution < -0.4 is 10.6 Å². The Kier molecular flexibility index (Phi) is 5.10. The van der Waals surface area contributed by atoms with Gasteiger partial charge in [-0.2, -0.15) is 0 Å². The summed E-state index contributed by atoms with van der Waals surface area (Å²) >= 11 is 15.0. The minimum Gasteiger partial charge on any atom is -0.376 e. The van der Waals surface area contributed by atoms with Gasteiger partial charge in [-0.25, -0.2) is 9.37 Å². The number of benzene rings is 1. The molecule has 0 amide bonds. The lowest BCUT2D eigenvalue weighted by Gasteiger charge is -2.25. The Bertz CT molecular complexity index is 831. The summed E-state index contributed by atoms with van der Waals surface area (Å²) in [5, 5.41) is 17.8. The van der Waals surface area contributed by atoms with Gasteiger partial charge in [0.15, 0.2) is 5.82 Å². The zero-order valence-electron chi connectivity index (χ0n) is 12.2. The number of halogens is 4. The number of aromatic nitrogens is 1. The van der Waals surface area contributed by atoms with Gasteiger partial charge in [0.1, 0.15) is 11.2 Å². The van der Waals surface area contributed by atoms with Crippen molar-refractivity contribution < 1.29 is 9.31 Å². The second-order valence-electron chi connectivity index (χ2n) is 5.43.